The van der Waals surface area contributed by atoms with Crippen molar-refractivity contribution in [3.63, 3.8) is 0 Å². The van der Waals surface area contributed by atoms with Gasteiger partial charge in [0.2, 0.25) is 0 Å². The second-order valence-electron chi connectivity index (χ2n) is 2.78. The lowest BCUT2D eigenvalue weighted by molar-refractivity contribution is -0.137. The summed E-state index contributed by atoms with van der Waals surface area (Å²) in [5.74, 6) is -0.421. The Bertz CT molecular complexity index is 320. The van der Waals surface area contributed by atoms with Gasteiger partial charge >= 0.3 is 5.97 Å². The number of carbonyl (C=O) groups is 1. The maximum Gasteiger partial charge on any atom is 0.330 e. The molecule has 16 heavy (non-hydrogen) atoms. The first-order valence-corrected chi connectivity index (χ1v) is 4.91. The Balaban J connectivity index is 0.000000281. The van der Waals surface area contributed by atoms with Crippen molar-refractivity contribution in [1.82, 2.24) is 0 Å². The number of ether oxygens (including phenoxy) is 1. The van der Waals surface area contributed by atoms with Gasteiger partial charge in [-0.1, -0.05) is 49.6 Å². The maximum absolute atomic E-state index is 10.2. The highest BCUT2D eigenvalue weighted by Gasteiger charge is 1.89. The minimum absolute atomic E-state index is 0.269. The van der Waals surface area contributed by atoms with E-state index in [2.05, 4.69) is 17.9 Å². The van der Waals surface area contributed by atoms with E-state index in [4.69, 9.17) is 5.73 Å². The van der Waals surface area contributed by atoms with Crippen LogP contribution in [-0.4, -0.2) is 19.1 Å². The van der Waals surface area contributed by atoms with Crippen LogP contribution < -0.4 is 5.73 Å². The third-order valence-corrected chi connectivity index (χ3v) is 1.56. The van der Waals surface area contributed by atoms with Crippen LogP contribution in [0.15, 0.2) is 49.6 Å². The lowest BCUT2D eigenvalue weighted by atomic mass is 10.2. The first-order chi connectivity index (χ1) is 7.74. The molecule has 0 aromatic heterocycles. The van der Waals surface area contributed by atoms with Crippen LogP contribution in [0.2, 0.25) is 0 Å². The van der Waals surface area contributed by atoms with Gasteiger partial charge in [-0.05, 0) is 5.56 Å². The molecule has 1 rings (SSSR count). The third kappa shape index (κ3) is 7.53. The summed E-state index contributed by atoms with van der Waals surface area (Å²) in [6, 6.07) is 10.0. The SMILES string of the molecule is C=CC(=O)OCCN.C=Cc1ccccc1. The summed E-state index contributed by atoms with van der Waals surface area (Å²) in [6.07, 6.45) is 2.94. The van der Waals surface area contributed by atoms with Gasteiger partial charge < -0.3 is 10.5 Å². The van der Waals surface area contributed by atoms with Crippen LogP contribution >= 0.6 is 0 Å². The van der Waals surface area contributed by atoms with Crippen molar-refractivity contribution in [2.75, 3.05) is 13.2 Å². The van der Waals surface area contributed by atoms with Gasteiger partial charge in [0.15, 0.2) is 0 Å². The van der Waals surface area contributed by atoms with Gasteiger partial charge in [-0.3, -0.25) is 0 Å². The molecule has 0 unspecified atom stereocenters. The molecule has 0 bridgehead atoms. The molecule has 0 radical (unpaired) electrons. The Hall–Kier alpha value is -1.87. The molecular formula is C13H17NO2. The van der Waals surface area contributed by atoms with E-state index in [1.165, 1.54) is 5.56 Å². The molecule has 0 aliphatic heterocycles. The zero-order valence-electron chi connectivity index (χ0n) is 9.26. The van der Waals surface area contributed by atoms with Crippen LogP contribution in [0, 0.1) is 0 Å². The summed E-state index contributed by atoms with van der Waals surface area (Å²) in [5.41, 5.74) is 6.19. The smallest absolute Gasteiger partial charge is 0.330 e. The average Bonchev–Trinajstić information content (AvgIpc) is 2.37. The van der Waals surface area contributed by atoms with Crippen LogP contribution in [0.25, 0.3) is 6.08 Å². The van der Waals surface area contributed by atoms with Crippen LogP contribution in [0.5, 0.6) is 0 Å². The zero-order chi connectivity index (χ0) is 12.2. The van der Waals surface area contributed by atoms with E-state index in [9.17, 15) is 4.79 Å². The first-order valence-electron chi connectivity index (χ1n) is 4.91. The summed E-state index contributed by atoms with van der Waals surface area (Å²) < 4.78 is 4.46. The molecule has 3 heteroatoms. The lowest BCUT2D eigenvalue weighted by Gasteiger charge is -1.94. The van der Waals surface area contributed by atoms with Crippen LogP contribution in [0.4, 0.5) is 0 Å². The summed E-state index contributed by atoms with van der Waals surface area (Å²) in [7, 11) is 0. The molecular weight excluding hydrogens is 202 g/mol. The van der Waals surface area contributed by atoms with Gasteiger partial charge in [-0.2, -0.15) is 0 Å². The fourth-order valence-corrected chi connectivity index (χ4v) is 0.808. The Morgan fingerprint density at radius 1 is 1.31 bits per heavy atom. The Kier molecular flexibility index (Phi) is 8.55. The lowest BCUT2D eigenvalue weighted by Crippen LogP contribution is -2.11. The summed E-state index contributed by atoms with van der Waals surface area (Å²) in [4.78, 5) is 10.2. The Morgan fingerprint density at radius 2 is 1.94 bits per heavy atom. The van der Waals surface area contributed by atoms with E-state index >= 15 is 0 Å². The molecule has 0 fully saturated rings. The average molecular weight is 219 g/mol. The van der Waals surface area contributed by atoms with E-state index in [0.29, 0.717) is 6.54 Å². The molecule has 0 saturated heterocycles. The second kappa shape index (κ2) is 9.68. The first kappa shape index (κ1) is 14.1. The summed E-state index contributed by atoms with van der Waals surface area (Å²) in [5, 5.41) is 0. The standard InChI is InChI=1S/C8H8.C5H9NO2/c1-2-8-6-4-3-5-7-8;1-2-5(7)8-4-3-6/h2-7H,1H2;2H,1,3-4,6H2. The van der Waals surface area contributed by atoms with Crippen molar-refractivity contribution in [3.8, 4) is 0 Å². The van der Waals surface area contributed by atoms with Crippen molar-refractivity contribution in [2.24, 2.45) is 5.73 Å². The number of benzene rings is 1. The summed E-state index contributed by atoms with van der Waals surface area (Å²) in [6.45, 7) is 7.46. The molecule has 0 aliphatic rings. The zero-order valence-corrected chi connectivity index (χ0v) is 9.26. The minimum atomic E-state index is -0.421. The van der Waals surface area contributed by atoms with E-state index in [1.807, 2.05) is 36.4 Å². The topological polar surface area (TPSA) is 52.3 Å². The van der Waals surface area contributed by atoms with Crippen molar-refractivity contribution < 1.29 is 9.53 Å². The van der Waals surface area contributed by atoms with Gasteiger partial charge in [-0.15, -0.1) is 0 Å². The Labute approximate surface area is 96.2 Å². The fraction of sp³-hybridized carbons (Fsp3) is 0.154. The van der Waals surface area contributed by atoms with Gasteiger partial charge in [0.05, 0.1) is 0 Å². The molecule has 0 amide bonds. The van der Waals surface area contributed by atoms with Gasteiger partial charge in [-0.25, -0.2) is 4.79 Å². The maximum atomic E-state index is 10.2. The molecule has 2 N–H and O–H groups in total. The van der Waals surface area contributed by atoms with E-state index in [1.54, 1.807) is 0 Å². The van der Waals surface area contributed by atoms with Gasteiger partial charge in [0.25, 0.3) is 0 Å². The second-order valence-corrected chi connectivity index (χ2v) is 2.78. The molecule has 0 spiro atoms. The van der Waals surface area contributed by atoms with Crippen molar-refractivity contribution in [3.05, 3.63) is 55.1 Å². The molecule has 86 valence electrons. The summed E-state index contributed by atoms with van der Waals surface area (Å²) >= 11 is 0. The number of hydrogen-bond donors (Lipinski definition) is 1. The highest BCUT2D eigenvalue weighted by Crippen LogP contribution is 1.97. The quantitative estimate of drug-likeness (QED) is 0.622. The van der Waals surface area contributed by atoms with Gasteiger partial charge in [0, 0.05) is 12.6 Å². The largest absolute Gasteiger partial charge is 0.461 e. The predicted octanol–water partition coefficient (Wildman–Crippen LogP) is 2.00. The fourth-order valence-electron chi connectivity index (χ4n) is 0.808. The number of esters is 1. The minimum Gasteiger partial charge on any atom is -0.461 e. The van der Waals surface area contributed by atoms with E-state index in [-0.39, 0.29) is 6.61 Å². The number of carbonyl (C=O) groups excluding carboxylic acids is 1. The normalized spacial score (nSPS) is 8.31. The number of hydrogen-bond acceptors (Lipinski definition) is 3. The monoisotopic (exact) mass is 219 g/mol. The molecule has 1 aromatic carbocycles. The predicted molar refractivity (Wildman–Crippen MR) is 66.7 cm³/mol. The van der Waals surface area contributed by atoms with Crippen LogP contribution in [-0.2, 0) is 9.53 Å². The molecule has 0 atom stereocenters. The molecule has 0 heterocycles. The third-order valence-electron chi connectivity index (χ3n) is 1.56. The molecule has 3 nitrogen and oxygen atoms in total. The van der Waals surface area contributed by atoms with Gasteiger partial charge in [0.1, 0.15) is 6.61 Å². The van der Waals surface area contributed by atoms with E-state index < -0.39 is 5.97 Å². The highest BCUT2D eigenvalue weighted by molar-refractivity contribution is 5.81. The van der Waals surface area contributed by atoms with Crippen molar-refractivity contribution in [2.45, 2.75) is 0 Å². The van der Waals surface area contributed by atoms with Crippen molar-refractivity contribution >= 4 is 12.0 Å². The highest BCUT2D eigenvalue weighted by atomic mass is 16.5. The van der Waals surface area contributed by atoms with Crippen LogP contribution in [0.1, 0.15) is 5.56 Å². The number of rotatable bonds is 4. The molecule has 0 aliphatic carbocycles. The number of nitrogens with two attached hydrogens (primary N) is 1. The Morgan fingerprint density at radius 3 is 2.31 bits per heavy atom. The van der Waals surface area contributed by atoms with E-state index in [0.717, 1.165) is 6.08 Å². The van der Waals surface area contributed by atoms with Crippen molar-refractivity contribution in [1.29, 1.82) is 0 Å². The molecule has 1 aromatic rings. The van der Waals surface area contributed by atoms with Crippen LogP contribution in [0.3, 0.4) is 0 Å². The molecule has 0 saturated carbocycles.